The van der Waals surface area contributed by atoms with Gasteiger partial charge in [-0.2, -0.15) is 9.78 Å². The summed E-state index contributed by atoms with van der Waals surface area (Å²) in [6.07, 6.45) is 7.18. The van der Waals surface area contributed by atoms with Gasteiger partial charge in [0.15, 0.2) is 5.69 Å². The quantitative estimate of drug-likeness (QED) is 0.207. The normalized spacial score (nSPS) is 11.6. The largest absolute Gasteiger partial charge is 0.378 e. The molecule has 1 aromatic carbocycles. The van der Waals surface area contributed by atoms with Crippen molar-refractivity contribution in [3.05, 3.63) is 63.4 Å². The van der Waals surface area contributed by atoms with E-state index in [1.165, 1.54) is 30.0 Å². The van der Waals surface area contributed by atoms with E-state index in [0.29, 0.717) is 0 Å². The van der Waals surface area contributed by atoms with Gasteiger partial charge in [0.25, 0.3) is 11.6 Å². The van der Waals surface area contributed by atoms with Gasteiger partial charge in [0, 0.05) is 23.9 Å². The summed E-state index contributed by atoms with van der Waals surface area (Å²) in [5.41, 5.74) is 10.5. The second-order valence-corrected chi connectivity index (χ2v) is 7.53. The van der Waals surface area contributed by atoms with Crippen LogP contribution in [0.4, 0.5) is 11.5 Å². The number of hydrogen-bond donors (Lipinski definition) is 2. The minimum atomic E-state index is -0.686. The number of nitrogens with two attached hydrogens (primary N) is 1. The lowest BCUT2D eigenvalue weighted by Gasteiger charge is -2.05. The van der Waals surface area contributed by atoms with Crippen LogP contribution in [0.1, 0.15) is 44.1 Å². The second kappa shape index (κ2) is 10.8. The first-order valence-corrected chi connectivity index (χ1v) is 10.2. The van der Waals surface area contributed by atoms with E-state index in [4.69, 9.17) is 5.73 Å². The molecule has 0 atom stereocenters. The molecule has 0 aliphatic rings. The number of amides is 1. The molecule has 34 heavy (non-hydrogen) atoms. The van der Waals surface area contributed by atoms with E-state index in [0.717, 1.165) is 23.1 Å². The Labute approximate surface area is 194 Å². The molecular formula is C21H23N9O4. The molecule has 2 heterocycles. The maximum absolute atomic E-state index is 12.8. The molecule has 3 aromatic rings. The van der Waals surface area contributed by atoms with E-state index in [1.807, 2.05) is 20.8 Å². The van der Waals surface area contributed by atoms with Crippen molar-refractivity contribution in [2.75, 3.05) is 5.73 Å². The molecule has 3 rings (SSSR count). The van der Waals surface area contributed by atoms with Crippen molar-refractivity contribution < 1.29 is 14.3 Å². The summed E-state index contributed by atoms with van der Waals surface area (Å²) in [5, 5.41) is 30.2. The Morgan fingerprint density at radius 2 is 2.12 bits per heavy atom. The Hall–Kier alpha value is -4.68. The monoisotopic (exact) mass is 465 g/mol. The molecule has 0 saturated carbocycles. The summed E-state index contributed by atoms with van der Waals surface area (Å²) in [7, 11) is 0. The highest BCUT2D eigenvalue weighted by Crippen LogP contribution is 2.28. The molecule has 0 saturated heterocycles. The highest BCUT2D eigenvalue weighted by atomic mass is 16.6. The van der Waals surface area contributed by atoms with Crippen molar-refractivity contribution in [1.29, 1.82) is 0 Å². The van der Waals surface area contributed by atoms with Crippen molar-refractivity contribution in [2.24, 2.45) is 5.10 Å². The standard InChI is InChI=1S/C21H23N9O4/c1-13(2)6-4-7-14(3)10-11-23-25-21(31)17-18(15-8-5-9-16(12-15)30(32)33)29(28-24-17)20-19(22)26-34-27-20/h5-6,8-12H,4,7H2,1-3H3,(H2,22,26)(H,25,31)/b14-10-,23-11?. The molecule has 0 fully saturated rings. The number of nitro groups is 1. The number of nitrogens with one attached hydrogen (secondary N) is 1. The van der Waals surface area contributed by atoms with Gasteiger partial charge in [-0.3, -0.25) is 14.9 Å². The highest BCUT2D eigenvalue weighted by molar-refractivity contribution is 5.98. The van der Waals surface area contributed by atoms with E-state index >= 15 is 0 Å². The topological polar surface area (TPSA) is 180 Å². The predicted octanol–water partition coefficient (Wildman–Crippen LogP) is 3.22. The average Bonchev–Trinajstić information content (AvgIpc) is 3.42. The highest BCUT2D eigenvalue weighted by Gasteiger charge is 2.26. The number of nitrogen functional groups attached to an aromatic ring is 1. The molecule has 0 bridgehead atoms. The van der Waals surface area contributed by atoms with Crippen LogP contribution < -0.4 is 11.2 Å². The van der Waals surface area contributed by atoms with Gasteiger partial charge in [0.1, 0.15) is 5.69 Å². The number of anilines is 1. The van der Waals surface area contributed by atoms with Crippen LogP contribution in [0.2, 0.25) is 0 Å². The van der Waals surface area contributed by atoms with Crippen molar-refractivity contribution >= 4 is 23.6 Å². The summed E-state index contributed by atoms with van der Waals surface area (Å²) in [6.45, 7) is 6.05. The number of carbonyl (C=O) groups excluding carboxylic acids is 1. The van der Waals surface area contributed by atoms with Crippen LogP contribution in [-0.4, -0.2) is 42.4 Å². The summed E-state index contributed by atoms with van der Waals surface area (Å²) in [4.78, 5) is 23.5. The zero-order valence-electron chi connectivity index (χ0n) is 18.8. The van der Waals surface area contributed by atoms with Gasteiger partial charge in [0.05, 0.1) is 4.92 Å². The summed E-state index contributed by atoms with van der Waals surface area (Å²) >= 11 is 0. The molecule has 13 nitrogen and oxygen atoms in total. The second-order valence-electron chi connectivity index (χ2n) is 7.53. The molecule has 0 aliphatic carbocycles. The lowest BCUT2D eigenvalue weighted by molar-refractivity contribution is -0.384. The van der Waals surface area contributed by atoms with Crippen molar-refractivity contribution in [3.63, 3.8) is 0 Å². The minimum absolute atomic E-state index is 0.0218. The summed E-state index contributed by atoms with van der Waals surface area (Å²) in [6, 6.07) is 5.62. The molecule has 0 radical (unpaired) electrons. The number of nitrogens with zero attached hydrogens (tertiary/aromatic N) is 7. The summed E-state index contributed by atoms with van der Waals surface area (Å²) in [5.74, 6) is -0.809. The molecular weight excluding hydrogens is 442 g/mol. The average molecular weight is 465 g/mol. The predicted molar refractivity (Wildman–Crippen MR) is 124 cm³/mol. The van der Waals surface area contributed by atoms with Crippen molar-refractivity contribution in [3.8, 4) is 17.1 Å². The molecule has 0 aliphatic heterocycles. The number of benzene rings is 1. The Morgan fingerprint density at radius 1 is 1.32 bits per heavy atom. The maximum Gasteiger partial charge on any atom is 0.294 e. The van der Waals surface area contributed by atoms with Crippen molar-refractivity contribution in [1.82, 2.24) is 30.7 Å². The number of carbonyl (C=O) groups is 1. The number of aromatic nitrogens is 5. The molecule has 1 amide bonds. The number of non-ortho nitro benzene ring substituents is 1. The first kappa shape index (κ1) is 24.0. The third kappa shape index (κ3) is 5.76. The Morgan fingerprint density at radius 3 is 2.79 bits per heavy atom. The first-order chi connectivity index (χ1) is 16.3. The van der Waals surface area contributed by atoms with Crippen LogP contribution >= 0.6 is 0 Å². The maximum atomic E-state index is 12.8. The van der Waals surface area contributed by atoms with Crippen LogP contribution in [-0.2, 0) is 0 Å². The van der Waals surface area contributed by atoms with E-state index in [9.17, 15) is 14.9 Å². The van der Waals surface area contributed by atoms with Gasteiger partial charge >= 0.3 is 0 Å². The number of nitro benzene ring substituents is 1. The van der Waals surface area contributed by atoms with E-state index in [1.54, 1.807) is 12.1 Å². The third-order valence-corrected chi connectivity index (χ3v) is 4.60. The van der Waals surface area contributed by atoms with E-state index in [-0.39, 0.29) is 34.3 Å². The summed E-state index contributed by atoms with van der Waals surface area (Å²) < 4.78 is 5.73. The van der Waals surface area contributed by atoms with Crippen molar-refractivity contribution in [2.45, 2.75) is 33.6 Å². The lowest BCUT2D eigenvalue weighted by Crippen LogP contribution is -2.19. The Kier molecular flexibility index (Phi) is 7.59. The molecule has 0 unspecified atom stereocenters. The number of rotatable bonds is 9. The van der Waals surface area contributed by atoms with Gasteiger partial charge < -0.3 is 5.73 Å². The van der Waals surface area contributed by atoms with Crippen LogP contribution in [0, 0.1) is 10.1 Å². The zero-order valence-corrected chi connectivity index (χ0v) is 18.8. The fourth-order valence-corrected chi connectivity index (χ4v) is 2.93. The minimum Gasteiger partial charge on any atom is -0.378 e. The van der Waals surface area contributed by atoms with E-state index < -0.39 is 10.8 Å². The molecule has 13 heteroatoms. The van der Waals surface area contributed by atoms with Crippen LogP contribution in [0.25, 0.3) is 17.1 Å². The van der Waals surface area contributed by atoms with Gasteiger partial charge in [-0.15, -0.1) is 5.10 Å². The number of allylic oxidation sites excluding steroid dienone is 4. The molecule has 2 aromatic heterocycles. The van der Waals surface area contributed by atoms with Crippen LogP contribution in [0.15, 0.2) is 57.3 Å². The van der Waals surface area contributed by atoms with Crippen LogP contribution in [0.3, 0.4) is 0 Å². The molecule has 0 spiro atoms. The Bertz CT molecular complexity index is 1280. The molecule has 3 N–H and O–H groups in total. The number of hydrazone groups is 1. The first-order valence-electron chi connectivity index (χ1n) is 10.2. The SMILES string of the molecule is CC(C)=CCC/C(C)=C\C=NNC(=O)c1nnn(-c2nonc2N)c1-c1cccc([N+](=O)[O-])c1. The zero-order chi connectivity index (χ0) is 24.7. The van der Waals surface area contributed by atoms with E-state index in [2.05, 4.69) is 41.9 Å². The van der Waals surface area contributed by atoms with Crippen LogP contribution in [0.5, 0.6) is 0 Å². The van der Waals surface area contributed by atoms with Gasteiger partial charge in [-0.05, 0) is 50.0 Å². The fraction of sp³-hybridized carbons (Fsp3) is 0.238. The van der Waals surface area contributed by atoms with Gasteiger partial charge in [0.2, 0.25) is 11.6 Å². The Balaban J connectivity index is 1.88. The third-order valence-electron chi connectivity index (χ3n) is 4.60. The van der Waals surface area contributed by atoms with Gasteiger partial charge in [-0.25, -0.2) is 10.1 Å². The molecule has 176 valence electrons. The fourth-order valence-electron chi connectivity index (χ4n) is 2.93. The lowest BCUT2D eigenvalue weighted by atomic mass is 10.1. The number of hydrogen-bond acceptors (Lipinski definition) is 10. The smallest absolute Gasteiger partial charge is 0.294 e. The van der Waals surface area contributed by atoms with Gasteiger partial charge in [-0.1, -0.05) is 34.6 Å².